The third-order valence-corrected chi connectivity index (χ3v) is 4.87. The van der Waals surface area contributed by atoms with E-state index >= 15 is 0 Å². The van der Waals surface area contributed by atoms with Gasteiger partial charge in [0, 0.05) is 11.9 Å². The van der Waals surface area contributed by atoms with Crippen molar-refractivity contribution in [3.05, 3.63) is 48.0 Å². The molecule has 0 aliphatic heterocycles. The van der Waals surface area contributed by atoms with E-state index in [0.29, 0.717) is 13.2 Å². The second-order valence-electron chi connectivity index (χ2n) is 6.53. The summed E-state index contributed by atoms with van der Waals surface area (Å²) in [6.45, 7) is 4.94. The van der Waals surface area contributed by atoms with Gasteiger partial charge in [0.15, 0.2) is 0 Å². The molecule has 1 aliphatic carbocycles. The molecule has 2 aromatic rings. The second kappa shape index (κ2) is 6.77. The van der Waals surface area contributed by atoms with Crippen LogP contribution in [0.2, 0.25) is 0 Å². The van der Waals surface area contributed by atoms with Crippen molar-refractivity contribution in [1.29, 1.82) is 0 Å². The van der Waals surface area contributed by atoms with Crippen molar-refractivity contribution in [3.8, 4) is 5.69 Å². The van der Waals surface area contributed by atoms with Crippen LogP contribution >= 0.6 is 0 Å². The van der Waals surface area contributed by atoms with Crippen LogP contribution in [-0.2, 0) is 14.9 Å². The van der Waals surface area contributed by atoms with Crippen LogP contribution in [0.5, 0.6) is 0 Å². The molecule has 0 spiro atoms. The van der Waals surface area contributed by atoms with E-state index in [-0.39, 0.29) is 11.9 Å². The monoisotopic (exact) mass is 327 g/mol. The number of aryl methyl sites for hydroxylation is 1. The molecular weight excluding hydrogens is 302 g/mol. The normalized spacial score (nSPS) is 22.4. The van der Waals surface area contributed by atoms with Gasteiger partial charge in [-0.25, -0.2) is 4.98 Å². The number of ether oxygens (including phenoxy) is 1. The maximum absolute atomic E-state index is 12.6. The number of carbonyl (C=O) groups is 1. The molecule has 1 aromatic heterocycles. The third-order valence-electron chi connectivity index (χ3n) is 4.87. The van der Waals surface area contributed by atoms with E-state index in [0.717, 1.165) is 30.6 Å². The number of carbonyl (C=O) groups excluding carboxylic acids is 1. The van der Waals surface area contributed by atoms with Gasteiger partial charge in [-0.2, -0.15) is 0 Å². The average molecular weight is 327 g/mol. The topological polar surface area (TPSA) is 70.1 Å². The molecule has 5 heteroatoms. The molecule has 5 nitrogen and oxygen atoms in total. The van der Waals surface area contributed by atoms with Crippen LogP contribution in [0, 0.1) is 12.8 Å². The van der Waals surface area contributed by atoms with E-state index in [9.17, 15) is 4.79 Å². The first-order chi connectivity index (χ1) is 11.6. The van der Waals surface area contributed by atoms with Gasteiger partial charge in [0.25, 0.3) is 0 Å². The van der Waals surface area contributed by atoms with Gasteiger partial charge in [0.05, 0.1) is 18.6 Å². The molecule has 1 fully saturated rings. The molecule has 2 atom stereocenters. The molecule has 1 saturated carbocycles. The highest BCUT2D eigenvalue weighted by molar-refractivity contribution is 5.86. The number of esters is 1. The lowest BCUT2D eigenvalue weighted by atomic mass is 9.97. The van der Waals surface area contributed by atoms with Crippen molar-refractivity contribution in [3.63, 3.8) is 0 Å². The van der Waals surface area contributed by atoms with Crippen molar-refractivity contribution >= 4 is 5.97 Å². The molecule has 0 unspecified atom stereocenters. The molecule has 1 aliphatic rings. The number of rotatable bonds is 7. The molecule has 128 valence electrons. The first-order valence-electron chi connectivity index (χ1n) is 8.60. The molecule has 3 rings (SSSR count). The summed E-state index contributed by atoms with van der Waals surface area (Å²) in [5, 5.41) is 0. The molecule has 1 aromatic carbocycles. The minimum atomic E-state index is -0.582. The predicted molar refractivity (Wildman–Crippen MR) is 93.0 cm³/mol. The first kappa shape index (κ1) is 16.7. The molecule has 1 heterocycles. The predicted octanol–water partition coefficient (Wildman–Crippen LogP) is 2.74. The molecule has 24 heavy (non-hydrogen) atoms. The Morgan fingerprint density at radius 2 is 2.17 bits per heavy atom. The molecule has 0 amide bonds. The van der Waals surface area contributed by atoms with Crippen molar-refractivity contribution in [2.45, 2.75) is 38.5 Å². The number of hydrogen-bond donors (Lipinski definition) is 1. The number of nitrogens with two attached hydrogens (primary N) is 1. The van der Waals surface area contributed by atoms with Crippen LogP contribution in [0.1, 0.15) is 37.4 Å². The van der Waals surface area contributed by atoms with Crippen molar-refractivity contribution in [2.75, 3.05) is 13.2 Å². The Kier molecular flexibility index (Phi) is 4.71. The fraction of sp³-hybridized carbons (Fsp3) is 0.474. The largest absolute Gasteiger partial charge is 0.465 e. The Hall–Kier alpha value is -2.14. The molecule has 0 saturated heterocycles. The maximum atomic E-state index is 12.6. The van der Waals surface area contributed by atoms with Crippen LogP contribution in [0.25, 0.3) is 5.69 Å². The van der Waals surface area contributed by atoms with Crippen LogP contribution in [-0.4, -0.2) is 28.7 Å². The lowest BCUT2D eigenvalue weighted by molar-refractivity contribution is -0.146. The van der Waals surface area contributed by atoms with Gasteiger partial charge in [-0.05, 0) is 57.7 Å². The van der Waals surface area contributed by atoms with E-state index in [1.807, 2.05) is 17.7 Å². The minimum Gasteiger partial charge on any atom is -0.465 e. The zero-order valence-corrected chi connectivity index (χ0v) is 14.4. The van der Waals surface area contributed by atoms with Crippen molar-refractivity contribution < 1.29 is 9.53 Å². The van der Waals surface area contributed by atoms with Gasteiger partial charge in [-0.3, -0.25) is 4.79 Å². The van der Waals surface area contributed by atoms with Crippen LogP contribution in [0.3, 0.4) is 0 Å². The number of imidazole rings is 1. The highest BCUT2D eigenvalue weighted by atomic mass is 16.5. The molecule has 0 bridgehead atoms. The Balaban J connectivity index is 1.87. The fourth-order valence-corrected chi connectivity index (χ4v) is 3.38. The summed E-state index contributed by atoms with van der Waals surface area (Å²) < 4.78 is 7.31. The van der Waals surface area contributed by atoms with Gasteiger partial charge < -0.3 is 15.0 Å². The molecule has 2 N–H and O–H groups in total. The number of benzene rings is 1. The average Bonchev–Trinajstić information content (AvgIpc) is 3.11. The van der Waals surface area contributed by atoms with Gasteiger partial charge in [-0.1, -0.05) is 17.7 Å². The van der Waals surface area contributed by atoms with Crippen LogP contribution < -0.4 is 5.73 Å². The van der Waals surface area contributed by atoms with E-state index in [4.69, 9.17) is 10.5 Å². The van der Waals surface area contributed by atoms with Gasteiger partial charge in [-0.15, -0.1) is 0 Å². The second-order valence-corrected chi connectivity index (χ2v) is 6.53. The van der Waals surface area contributed by atoms with E-state index < -0.39 is 5.41 Å². The van der Waals surface area contributed by atoms with E-state index in [1.54, 1.807) is 6.33 Å². The summed E-state index contributed by atoms with van der Waals surface area (Å²) in [6.07, 6.45) is 6.40. The van der Waals surface area contributed by atoms with Crippen LogP contribution in [0.15, 0.2) is 36.8 Å². The van der Waals surface area contributed by atoms with E-state index in [2.05, 4.69) is 36.2 Å². The number of hydrogen-bond acceptors (Lipinski definition) is 4. The smallest absolute Gasteiger partial charge is 0.318 e. The summed E-state index contributed by atoms with van der Waals surface area (Å²) in [6, 6.07) is 8.24. The highest BCUT2D eigenvalue weighted by Gasteiger charge is 2.63. The summed E-state index contributed by atoms with van der Waals surface area (Å²) >= 11 is 0. The van der Waals surface area contributed by atoms with Crippen LogP contribution in [0.4, 0.5) is 0 Å². The SMILES string of the molecule is CCOC(=O)[C@@]1(c2cn(-c3ccc(C)cc3)cn2)C[C@H]1CCCN. The van der Waals surface area contributed by atoms with Gasteiger partial charge in [0.2, 0.25) is 0 Å². The maximum Gasteiger partial charge on any atom is 0.318 e. The molecular formula is C19H25N3O2. The quantitative estimate of drug-likeness (QED) is 0.794. The number of nitrogens with zero attached hydrogens (tertiary/aromatic N) is 2. The zero-order valence-electron chi connectivity index (χ0n) is 14.4. The van der Waals surface area contributed by atoms with Gasteiger partial charge >= 0.3 is 5.97 Å². The number of aromatic nitrogens is 2. The Morgan fingerprint density at radius 3 is 2.83 bits per heavy atom. The van der Waals surface area contributed by atoms with E-state index in [1.165, 1.54) is 5.56 Å². The van der Waals surface area contributed by atoms with Crippen molar-refractivity contribution in [1.82, 2.24) is 9.55 Å². The fourth-order valence-electron chi connectivity index (χ4n) is 3.38. The highest BCUT2D eigenvalue weighted by Crippen LogP contribution is 2.56. The Bertz CT molecular complexity index is 708. The summed E-state index contributed by atoms with van der Waals surface area (Å²) in [7, 11) is 0. The Labute approximate surface area is 142 Å². The minimum absolute atomic E-state index is 0.152. The first-order valence-corrected chi connectivity index (χ1v) is 8.60. The zero-order chi connectivity index (χ0) is 17.2. The summed E-state index contributed by atoms with van der Waals surface area (Å²) in [5.41, 5.74) is 8.10. The van der Waals surface area contributed by atoms with Gasteiger partial charge in [0.1, 0.15) is 5.41 Å². The Morgan fingerprint density at radius 1 is 1.42 bits per heavy atom. The summed E-state index contributed by atoms with van der Waals surface area (Å²) in [4.78, 5) is 17.1. The lowest BCUT2D eigenvalue weighted by Crippen LogP contribution is -2.26. The molecule has 0 radical (unpaired) electrons. The van der Waals surface area contributed by atoms with Crippen molar-refractivity contribution in [2.24, 2.45) is 11.7 Å². The third kappa shape index (κ3) is 2.96. The summed E-state index contributed by atoms with van der Waals surface area (Å²) in [5.74, 6) is 0.127. The standard InChI is InChI=1S/C19H25N3O2/c1-3-24-18(23)19(11-15(19)5-4-10-20)17-12-22(13-21-17)16-8-6-14(2)7-9-16/h6-9,12-13,15H,3-5,10-11,20H2,1-2H3/t15-,19+/m1/s1. The lowest BCUT2D eigenvalue weighted by Gasteiger charge is -2.14.